The molecule has 10 heavy (non-hydrogen) atoms. The summed E-state index contributed by atoms with van der Waals surface area (Å²) in [5.74, 6) is 0. The minimum atomic E-state index is 0.663. The molecule has 0 N–H and O–H groups in total. The van der Waals surface area contributed by atoms with E-state index in [4.69, 9.17) is 4.74 Å². The van der Waals surface area contributed by atoms with E-state index in [1.54, 1.807) is 0 Å². The standard InChI is InChI=1S/C8H15NO/c1-3-4-5-9(2)8-6-10-7-8/h3-4,8H,5-7H2,1-2H3/b4-3+. The SMILES string of the molecule is C/C=C/CN(C)C1COC1. The molecule has 1 aliphatic rings. The van der Waals surface area contributed by atoms with Gasteiger partial charge in [0.05, 0.1) is 19.3 Å². The van der Waals surface area contributed by atoms with Crippen molar-refractivity contribution in [1.29, 1.82) is 0 Å². The van der Waals surface area contributed by atoms with Crippen LogP contribution in [0.25, 0.3) is 0 Å². The van der Waals surface area contributed by atoms with Gasteiger partial charge in [-0.05, 0) is 14.0 Å². The third-order valence-corrected chi connectivity index (χ3v) is 1.87. The topological polar surface area (TPSA) is 12.5 Å². The molecule has 1 rings (SSSR count). The molecule has 0 aromatic rings. The Hall–Kier alpha value is -0.340. The Morgan fingerprint density at radius 2 is 2.30 bits per heavy atom. The Morgan fingerprint density at radius 3 is 2.70 bits per heavy atom. The molecule has 0 atom stereocenters. The van der Waals surface area contributed by atoms with Crippen LogP contribution in [0.2, 0.25) is 0 Å². The van der Waals surface area contributed by atoms with Gasteiger partial charge in [0.25, 0.3) is 0 Å². The summed E-state index contributed by atoms with van der Waals surface area (Å²) in [6, 6.07) is 0.663. The summed E-state index contributed by atoms with van der Waals surface area (Å²) in [7, 11) is 2.13. The summed E-state index contributed by atoms with van der Waals surface area (Å²) in [5, 5.41) is 0. The molecule has 0 radical (unpaired) electrons. The lowest BCUT2D eigenvalue weighted by atomic mass is 10.2. The molecule has 1 saturated heterocycles. The summed E-state index contributed by atoms with van der Waals surface area (Å²) >= 11 is 0. The van der Waals surface area contributed by atoms with E-state index in [2.05, 4.69) is 24.1 Å². The van der Waals surface area contributed by atoms with Crippen LogP contribution in [0.1, 0.15) is 6.92 Å². The van der Waals surface area contributed by atoms with Gasteiger partial charge in [0.1, 0.15) is 0 Å². The van der Waals surface area contributed by atoms with E-state index in [0.29, 0.717) is 6.04 Å². The van der Waals surface area contributed by atoms with Gasteiger partial charge in [0, 0.05) is 6.54 Å². The van der Waals surface area contributed by atoms with E-state index in [1.165, 1.54) is 0 Å². The highest BCUT2D eigenvalue weighted by molar-refractivity contribution is 4.84. The van der Waals surface area contributed by atoms with Crippen molar-refractivity contribution in [1.82, 2.24) is 4.90 Å². The van der Waals surface area contributed by atoms with Gasteiger partial charge in [-0.15, -0.1) is 0 Å². The third kappa shape index (κ3) is 1.82. The van der Waals surface area contributed by atoms with E-state index in [9.17, 15) is 0 Å². The highest BCUT2D eigenvalue weighted by atomic mass is 16.5. The Balaban J connectivity index is 2.13. The second kappa shape index (κ2) is 3.74. The van der Waals surface area contributed by atoms with E-state index in [1.807, 2.05) is 6.92 Å². The molecule has 2 heteroatoms. The van der Waals surface area contributed by atoms with E-state index in [0.717, 1.165) is 19.8 Å². The predicted molar refractivity (Wildman–Crippen MR) is 42.1 cm³/mol. The van der Waals surface area contributed by atoms with Crippen molar-refractivity contribution >= 4 is 0 Å². The van der Waals surface area contributed by atoms with Crippen molar-refractivity contribution < 1.29 is 4.74 Å². The Morgan fingerprint density at radius 1 is 1.60 bits per heavy atom. The molecule has 0 aromatic carbocycles. The number of hydrogen-bond donors (Lipinski definition) is 0. The Labute approximate surface area is 62.5 Å². The van der Waals surface area contributed by atoms with Gasteiger partial charge in [-0.2, -0.15) is 0 Å². The minimum Gasteiger partial charge on any atom is -0.378 e. The lowest BCUT2D eigenvalue weighted by Crippen LogP contribution is -2.46. The second-order valence-corrected chi connectivity index (χ2v) is 2.70. The summed E-state index contributed by atoms with van der Waals surface area (Å²) in [4.78, 5) is 2.31. The van der Waals surface area contributed by atoms with Crippen molar-refractivity contribution in [3.63, 3.8) is 0 Å². The molecule has 0 unspecified atom stereocenters. The summed E-state index contributed by atoms with van der Waals surface area (Å²) in [6.07, 6.45) is 4.24. The Bertz CT molecular complexity index is 118. The zero-order valence-electron chi connectivity index (χ0n) is 6.71. The van der Waals surface area contributed by atoms with Gasteiger partial charge in [0.2, 0.25) is 0 Å². The maximum atomic E-state index is 5.07. The van der Waals surface area contributed by atoms with Crippen LogP contribution in [0.4, 0.5) is 0 Å². The quantitative estimate of drug-likeness (QED) is 0.541. The number of allylic oxidation sites excluding steroid dienone is 1. The van der Waals surface area contributed by atoms with Crippen LogP contribution >= 0.6 is 0 Å². The first-order valence-electron chi connectivity index (χ1n) is 3.73. The first-order valence-corrected chi connectivity index (χ1v) is 3.73. The maximum Gasteiger partial charge on any atom is 0.0645 e. The zero-order chi connectivity index (χ0) is 7.40. The fourth-order valence-corrected chi connectivity index (χ4v) is 0.898. The molecule has 58 valence electrons. The minimum absolute atomic E-state index is 0.663. The monoisotopic (exact) mass is 141 g/mol. The molecule has 0 bridgehead atoms. The molecule has 0 aromatic heterocycles. The highest BCUT2D eigenvalue weighted by Gasteiger charge is 2.21. The predicted octanol–water partition coefficient (Wildman–Crippen LogP) is 0.893. The molecule has 2 nitrogen and oxygen atoms in total. The van der Waals surface area contributed by atoms with Crippen LogP contribution < -0.4 is 0 Å². The van der Waals surface area contributed by atoms with Gasteiger partial charge in [0.15, 0.2) is 0 Å². The van der Waals surface area contributed by atoms with Crippen LogP contribution in [-0.2, 0) is 4.74 Å². The first kappa shape index (κ1) is 7.76. The van der Waals surface area contributed by atoms with Crippen LogP contribution in [0, 0.1) is 0 Å². The smallest absolute Gasteiger partial charge is 0.0645 e. The van der Waals surface area contributed by atoms with Crippen molar-refractivity contribution in [3.05, 3.63) is 12.2 Å². The number of rotatable bonds is 3. The lowest BCUT2D eigenvalue weighted by Gasteiger charge is -2.33. The zero-order valence-corrected chi connectivity index (χ0v) is 6.71. The normalized spacial score (nSPS) is 20.3. The van der Waals surface area contributed by atoms with Crippen LogP contribution in [0.5, 0.6) is 0 Å². The molecule has 1 aliphatic heterocycles. The van der Waals surface area contributed by atoms with Gasteiger partial charge in [-0.3, -0.25) is 4.90 Å². The van der Waals surface area contributed by atoms with Crippen molar-refractivity contribution in [2.24, 2.45) is 0 Å². The van der Waals surface area contributed by atoms with Crippen molar-refractivity contribution in [3.8, 4) is 0 Å². The molecule has 0 aliphatic carbocycles. The van der Waals surface area contributed by atoms with E-state index in [-0.39, 0.29) is 0 Å². The van der Waals surface area contributed by atoms with Gasteiger partial charge in [-0.1, -0.05) is 12.2 Å². The molecule has 0 saturated carbocycles. The van der Waals surface area contributed by atoms with Gasteiger partial charge in [-0.25, -0.2) is 0 Å². The Kier molecular flexibility index (Phi) is 2.90. The molecular formula is C8H15NO. The maximum absolute atomic E-state index is 5.07. The fourth-order valence-electron chi connectivity index (χ4n) is 0.898. The van der Waals surface area contributed by atoms with Crippen molar-refractivity contribution in [2.45, 2.75) is 13.0 Å². The number of hydrogen-bond acceptors (Lipinski definition) is 2. The van der Waals surface area contributed by atoms with Crippen LogP contribution in [0.15, 0.2) is 12.2 Å². The van der Waals surface area contributed by atoms with Crippen LogP contribution in [0.3, 0.4) is 0 Å². The van der Waals surface area contributed by atoms with E-state index < -0.39 is 0 Å². The first-order chi connectivity index (χ1) is 4.84. The molecular weight excluding hydrogens is 126 g/mol. The number of likely N-dealkylation sites (N-methyl/N-ethyl adjacent to an activating group) is 1. The van der Waals surface area contributed by atoms with Gasteiger partial charge < -0.3 is 4.74 Å². The molecule has 0 amide bonds. The summed E-state index contributed by atoms with van der Waals surface area (Å²) < 4.78 is 5.07. The largest absolute Gasteiger partial charge is 0.378 e. The fraction of sp³-hybridized carbons (Fsp3) is 0.750. The second-order valence-electron chi connectivity index (χ2n) is 2.70. The summed E-state index contributed by atoms with van der Waals surface area (Å²) in [5.41, 5.74) is 0. The highest BCUT2D eigenvalue weighted by Crippen LogP contribution is 2.07. The average Bonchev–Trinajstić information content (AvgIpc) is 1.79. The molecule has 0 spiro atoms. The van der Waals surface area contributed by atoms with Crippen LogP contribution in [-0.4, -0.2) is 37.7 Å². The van der Waals surface area contributed by atoms with Gasteiger partial charge >= 0.3 is 0 Å². The number of nitrogens with zero attached hydrogens (tertiary/aromatic N) is 1. The number of ether oxygens (including phenoxy) is 1. The van der Waals surface area contributed by atoms with E-state index >= 15 is 0 Å². The average molecular weight is 141 g/mol. The third-order valence-electron chi connectivity index (χ3n) is 1.87. The molecule has 1 fully saturated rings. The molecule has 1 heterocycles. The summed E-state index contributed by atoms with van der Waals surface area (Å²) in [6.45, 7) is 4.91. The van der Waals surface area contributed by atoms with Crippen molar-refractivity contribution in [2.75, 3.05) is 26.8 Å². The lowest BCUT2D eigenvalue weighted by molar-refractivity contribution is -0.0523.